The zero-order valence-corrected chi connectivity index (χ0v) is 16.1. The number of benzene rings is 3. The lowest BCUT2D eigenvalue weighted by molar-refractivity contribution is -0.116. The zero-order valence-electron chi connectivity index (χ0n) is 16.1. The molecule has 2 amide bonds. The third kappa shape index (κ3) is 6.70. The molecule has 0 saturated heterocycles. The van der Waals surface area contributed by atoms with Crippen LogP contribution >= 0.6 is 0 Å². The Morgan fingerprint density at radius 3 is 2.10 bits per heavy atom. The molecule has 0 spiro atoms. The Balaban J connectivity index is 1.43. The molecule has 0 radical (unpaired) electrons. The van der Waals surface area contributed by atoms with E-state index in [4.69, 9.17) is 4.74 Å². The number of carbonyl (C=O) groups excluding carboxylic acids is 2. The van der Waals surface area contributed by atoms with Gasteiger partial charge in [0.1, 0.15) is 11.5 Å². The Morgan fingerprint density at radius 1 is 0.759 bits per heavy atom. The molecular weight excluding hydrogens is 366 g/mol. The van der Waals surface area contributed by atoms with Crippen LogP contribution in [0.2, 0.25) is 0 Å². The molecule has 6 nitrogen and oxygen atoms in total. The normalized spacial score (nSPS) is 10.1. The number of rotatable bonds is 8. The monoisotopic (exact) mass is 389 g/mol. The summed E-state index contributed by atoms with van der Waals surface area (Å²) in [5.74, 6) is 1.27. The standard InChI is InChI=1S/C23H23N3O3/c1-17(27)25-19-6-5-7-20(16-19)26-23(28)14-15-24-18-10-12-22(13-11-18)29-21-8-3-2-4-9-21/h2-13,16,24H,14-15H2,1H3,(H,25,27)(H,26,28). The zero-order chi connectivity index (χ0) is 20.5. The second kappa shape index (κ2) is 9.94. The van der Waals surface area contributed by atoms with Gasteiger partial charge in [-0.2, -0.15) is 0 Å². The number of hydrogen-bond donors (Lipinski definition) is 3. The molecule has 3 aromatic rings. The van der Waals surface area contributed by atoms with Crippen LogP contribution in [0.3, 0.4) is 0 Å². The summed E-state index contributed by atoms with van der Waals surface area (Å²) in [7, 11) is 0. The van der Waals surface area contributed by atoms with Gasteiger partial charge >= 0.3 is 0 Å². The van der Waals surface area contributed by atoms with E-state index in [9.17, 15) is 9.59 Å². The molecule has 0 saturated carbocycles. The van der Waals surface area contributed by atoms with Gasteiger partial charge in [0.05, 0.1) is 0 Å². The van der Waals surface area contributed by atoms with E-state index in [1.165, 1.54) is 6.92 Å². The summed E-state index contributed by atoms with van der Waals surface area (Å²) in [5, 5.41) is 8.73. The van der Waals surface area contributed by atoms with Crippen LogP contribution in [0.4, 0.5) is 17.1 Å². The fraction of sp³-hybridized carbons (Fsp3) is 0.130. The molecule has 0 heterocycles. The highest BCUT2D eigenvalue weighted by Crippen LogP contribution is 2.22. The van der Waals surface area contributed by atoms with Crippen LogP contribution in [0.25, 0.3) is 0 Å². The Hall–Kier alpha value is -3.80. The minimum absolute atomic E-state index is 0.110. The highest BCUT2D eigenvalue weighted by atomic mass is 16.5. The molecule has 0 aliphatic carbocycles. The molecular formula is C23H23N3O3. The molecule has 3 N–H and O–H groups in total. The fourth-order valence-electron chi connectivity index (χ4n) is 2.69. The Bertz CT molecular complexity index is 957. The minimum atomic E-state index is -0.155. The maximum Gasteiger partial charge on any atom is 0.226 e. The van der Waals surface area contributed by atoms with Gasteiger partial charge < -0.3 is 20.7 Å². The average molecular weight is 389 g/mol. The lowest BCUT2D eigenvalue weighted by Crippen LogP contribution is -2.16. The van der Waals surface area contributed by atoms with Crippen LogP contribution in [0, 0.1) is 0 Å². The minimum Gasteiger partial charge on any atom is -0.457 e. The van der Waals surface area contributed by atoms with Crippen molar-refractivity contribution in [3.8, 4) is 11.5 Å². The maximum atomic E-state index is 12.1. The van der Waals surface area contributed by atoms with Crippen molar-refractivity contribution >= 4 is 28.9 Å². The van der Waals surface area contributed by atoms with E-state index in [0.29, 0.717) is 24.3 Å². The molecule has 148 valence electrons. The van der Waals surface area contributed by atoms with Crippen LogP contribution < -0.4 is 20.7 Å². The van der Waals surface area contributed by atoms with Gasteiger partial charge in [0.25, 0.3) is 0 Å². The first kappa shape index (κ1) is 19.9. The number of ether oxygens (including phenoxy) is 1. The number of hydrogen-bond acceptors (Lipinski definition) is 4. The highest BCUT2D eigenvalue weighted by Gasteiger charge is 2.04. The van der Waals surface area contributed by atoms with E-state index in [0.717, 1.165) is 17.2 Å². The molecule has 3 rings (SSSR count). The Labute approximate surface area is 169 Å². The van der Waals surface area contributed by atoms with E-state index in [1.807, 2.05) is 54.6 Å². The summed E-state index contributed by atoms with van der Waals surface area (Å²) in [6.07, 6.45) is 0.312. The fourth-order valence-corrected chi connectivity index (χ4v) is 2.69. The van der Waals surface area contributed by atoms with Crippen molar-refractivity contribution in [2.45, 2.75) is 13.3 Å². The van der Waals surface area contributed by atoms with E-state index in [1.54, 1.807) is 24.3 Å². The van der Waals surface area contributed by atoms with Gasteiger partial charge in [0.2, 0.25) is 11.8 Å². The van der Waals surface area contributed by atoms with E-state index < -0.39 is 0 Å². The third-order valence-corrected chi connectivity index (χ3v) is 3.98. The molecule has 0 aromatic heterocycles. The second-order valence-electron chi connectivity index (χ2n) is 6.43. The van der Waals surface area contributed by atoms with Crippen LogP contribution in [-0.4, -0.2) is 18.4 Å². The summed E-state index contributed by atoms with van der Waals surface area (Å²) in [4.78, 5) is 23.3. The first-order valence-corrected chi connectivity index (χ1v) is 9.33. The van der Waals surface area contributed by atoms with E-state index in [2.05, 4.69) is 16.0 Å². The van der Waals surface area contributed by atoms with Crippen molar-refractivity contribution in [3.63, 3.8) is 0 Å². The molecule has 6 heteroatoms. The van der Waals surface area contributed by atoms with Gasteiger partial charge in [-0.1, -0.05) is 24.3 Å². The number of para-hydroxylation sites is 1. The second-order valence-corrected chi connectivity index (χ2v) is 6.43. The van der Waals surface area contributed by atoms with Gasteiger partial charge in [-0.3, -0.25) is 9.59 Å². The van der Waals surface area contributed by atoms with E-state index >= 15 is 0 Å². The molecule has 0 unspecified atom stereocenters. The van der Waals surface area contributed by atoms with Crippen molar-refractivity contribution in [1.29, 1.82) is 0 Å². The van der Waals surface area contributed by atoms with Crippen molar-refractivity contribution in [2.75, 3.05) is 22.5 Å². The van der Waals surface area contributed by atoms with Crippen LogP contribution in [-0.2, 0) is 9.59 Å². The largest absolute Gasteiger partial charge is 0.457 e. The molecule has 0 fully saturated rings. The number of nitrogens with one attached hydrogen (secondary N) is 3. The predicted octanol–water partition coefficient (Wildman–Crippen LogP) is 4.88. The summed E-state index contributed by atoms with van der Waals surface area (Å²) in [6, 6.07) is 24.2. The SMILES string of the molecule is CC(=O)Nc1cccc(NC(=O)CCNc2ccc(Oc3ccccc3)cc2)c1. The number of amides is 2. The Morgan fingerprint density at radius 2 is 1.41 bits per heavy atom. The number of carbonyl (C=O) groups is 2. The van der Waals surface area contributed by atoms with Gasteiger partial charge in [0.15, 0.2) is 0 Å². The Kier molecular flexibility index (Phi) is 6.84. The van der Waals surface area contributed by atoms with Crippen molar-refractivity contribution in [2.24, 2.45) is 0 Å². The van der Waals surface area contributed by atoms with Crippen molar-refractivity contribution in [3.05, 3.63) is 78.9 Å². The van der Waals surface area contributed by atoms with Crippen LogP contribution in [0.15, 0.2) is 78.9 Å². The average Bonchev–Trinajstić information content (AvgIpc) is 2.70. The van der Waals surface area contributed by atoms with Crippen LogP contribution in [0.1, 0.15) is 13.3 Å². The lowest BCUT2D eigenvalue weighted by Gasteiger charge is -2.10. The molecule has 0 aliphatic rings. The first-order valence-electron chi connectivity index (χ1n) is 9.33. The van der Waals surface area contributed by atoms with Gasteiger partial charge in [0, 0.05) is 37.0 Å². The highest BCUT2D eigenvalue weighted by molar-refractivity contribution is 5.93. The van der Waals surface area contributed by atoms with Gasteiger partial charge in [-0.05, 0) is 54.6 Å². The smallest absolute Gasteiger partial charge is 0.226 e. The topological polar surface area (TPSA) is 79.5 Å². The molecule has 0 bridgehead atoms. The summed E-state index contributed by atoms with van der Waals surface area (Å²) < 4.78 is 5.76. The maximum absolute atomic E-state index is 12.1. The molecule has 0 atom stereocenters. The summed E-state index contributed by atoms with van der Waals surface area (Å²) in [5.41, 5.74) is 2.20. The third-order valence-electron chi connectivity index (χ3n) is 3.98. The predicted molar refractivity (Wildman–Crippen MR) is 115 cm³/mol. The summed E-state index contributed by atoms with van der Waals surface area (Å²) >= 11 is 0. The van der Waals surface area contributed by atoms with Gasteiger partial charge in [-0.25, -0.2) is 0 Å². The molecule has 0 aliphatic heterocycles. The van der Waals surface area contributed by atoms with Crippen molar-refractivity contribution < 1.29 is 14.3 Å². The van der Waals surface area contributed by atoms with Crippen molar-refractivity contribution in [1.82, 2.24) is 0 Å². The van der Waals surface area contributed by atoms with Crippen LogP contribution in [0.5, 0.6) is 11.5 Å². The number of anilines is 3. The molecule has 3 aromatic carbocycles. The molecule has 29 heavy (non-hydrogen) atoms. The quantitative estimate of drug-likeness (QED) is 0.513. The summed E-state index contributed by atoms with van der Waals surface area (Å²) in [6.45, 7) is 1.94. The lowest BCUT2D eigenvalue weighted by atomic mass is 10.2. The van der Waals surface area contributed by atoms with Gasteiger partial charge in [-0.15, -0.1) is 0 Å². The first-order chi connectivity index (χ1) is 14.1. The van der Waals surface area contributed by atoms with E-state index in [-0.39, 0.29) is 11.8 Å².